The molecule has 3 rings (SSSR count). The molecule has 0 bridgehead atoms. The highest BCUT2D eigenvalue weighted by Crippen LogP contribution is 2.57. The zero-order valence-corrected chi connectivity index (χ0v) is 14.4. The van der Waals surface area contributed by atoms with Crippen molar-refractivity contribution >= 4 is 13.2 Å². The molecule has 2 aromatic rings. The molecule has 0 amide bonds. The van der Waals surface area contributed by atoms with E-state index in [1.165, 1.54) is 14.2 Å². The average molecular weight is 351 g/mol. The van der Waals surface area contributed by atoms with Gasteiger partial charge in [0.1, 0.15) is 0 Å². The molecule has 4 atom stereocenters. The van der Waals surface area contributed by atoms with Gasteiger partial charge in [-0.3, -0.25) is 0 Å². The van der Waals surface area contributed by atoms with E-state index in [0.717, 1.165) is 10.9 Å². The quantitative estimate of drug-likeness (QED) is 0.783. The van der Waals surface area contributed by atoms with E-state index >= 15 is 0 Å². The summed E-state index contributed by atoms with van der Waals surface area (Å²) in [5.41, 5.74) is 0.527. The fourth-order valence-electron chi connectivity index (χ4n) is 2.76. The first kappa shape index (κ1) is 13.5. The van der Waals surface area contributed by atoms with Crippen LogP contribution in [0, 0.1) is 0 Å². The smallest absolute Gasteiger partial charge is 0.293 e. The maximum atomic E-state index is 8.65. The van der Waals surface area contributed by atoms with Gasteiger partial charge in [-0.15, -0.1) is 0 Å². The maximum Gasteiger partial charge on any atom is 0.293 e. The molecule has 24 heavy (non-hydrogen) atoms. The second kappa shape index (κ2) is 7.39. The Bertz CT molecular complexity index is 739. The summed E-state index contributed by atoms with van der Waals surface area (Å²) in [5.74, 6) is 0.878. The Morgan fingerprint density at radius 1 is 1.21 bits per heavy atom. The van der Waals surface area contributed by atoms with E-state index in [0.29, 0.717) is 17.8 Å². The summed E-state index contributed by atoms with van der Waals surface area (Å²) in [6.45, 7) is 0. The lowest BCUT2D eigenvalue weighted by molar-refractivity contribution is -0.0928. The summed E-state index contributed by atoms with van der Waals surface area (Å²) in [6, 6.07) is 13.4. The van der Waals surface area contributed by atoms with E-state index in [4.69, 9.17) is 18.4 Å². The summed E-state index contributed by atoms with van der Waals surface area (Å²) < 4.78 is 39.5. The van der Waals surface area contributed by atoms with Crippen LogP contribution in [0.2, 0.25) is 0 Å². The maximum absolute atomic E-state index is 8.65. The number of phenols is 1. The van der Waals surface area contributed by atoms with Crippen molar-refractivity contribution in [1.29, 1.82) is 2.86 Å². The minimum absolute atomic E-state index is 0.176. The van der Waals surface area contributed by atoms with E-state index in [1.807, 2.05) is 30.3 Å². The summed E-state index contributed by atoms with van der Waals surface area (Å²) in [7, 11) is 2.07. The van der Waals surface area contributed by atoms with Crippen molar-refractivity contribution in [3.05, 3.63) is 48.0 Å². The van der Waals surface area contributed by atoms with Crippen molar-refractivity contribution in [3.8, 4) is 17.2 Å². The number of phenolic OH excluding ortho intramolecular Hbond substituents is 1. The number of aliphatic hydroxyl groups excluding tert-OH is 1. The average Bonchev–Trinajstić information content (AvgIpc) is 2.72. The Hall–Kier alpha value is -1.81. The number of methoxy groups -OCH3 is 2. The SMILES string of the molecule is [2H]Oc1c(OC)cc([C@H]2[C@@H]([2H])[C@@H](O[2H])OC[P@]2c2ccccc2)cc1OC. The molecule has 0 spiro atoms. The molecule has 0 aromatic heterocycles. The molecule has 1 aliphatic rings. The first-order valence-electron chi connectivity index (χ1n) is 8.90. The lowest BCUT2D eigenvalue weighted by Gasteiger charge is -2.35. The molecule has 5 nitrogen and oxygen atoms in total. The lowest BCUT2D eigenvalue weighted by Crippen LogP contribution is -2.26. The summed E-state index contributed by atoms with van der Waals surface area (Å²) in [4.78, 5) is 0. The van der Waals surface area contributed by atoms with E-state index in [1.54, 1.807) is 12.1 Å². The van der Waals surface area contributed by atoms with Crippen LogP contribution in [0.15, 0.2) is 42.5 Å². The van der Waals surface area contributed by atoms with Crippen molar-refractivity contribution in [2.75, 3.05) is 20.6 Å². The zero-order chi connectivity index (χ0) is 19.4. The standard InChI is InChI=1S/C18H21O5P/c1-21-14-8-12(9-15(22-2)18(14)20)16-10-17(19)23-11-24(16)13-6-4-3-5-7-13/h3-9,16-17,19-20H,10-11H2,1-2H3/t16-,17+,24-/m1/s1/i10D,19D/hD/t10-,16-,17+,24-. The van der Waals surface area contributed by atoms with Crippen molar-refractivity contribution in [2.24, 2.45) is 0 Å². The van der Waals surface area contributed by atoms with Crippen LogP contribution in [0.3, 0.4) is 0 Å². The van der Waals surface area contributed by atoms with Gasteiger partial charge < -0.3 is 24.4 Å². The highest BCUT2D eigenvalue weighted by atomic mass is 31.1. The molecule has 2 aromatic carbocycles. The fraction of sp³-hybridized carbons (Fsp3) is 0.333. The normalized spacial score (nSPS) is 28.3. The predicted octanol–water partition coefficient (Wildman–Crippen LogP) is 2.95. The summed E-state index contributed by atoms with van der Waals surface area (Å²) in [6.07, 6.45) is -1.37. The highest BCUT2D eigenvalue weighted by molar-refractivity contribution is 7.65. The van der Waals surface area contributed by atoms with E-state index in [2.05, 4.69) is 10.2 Å². The monoisotopic (exact) mass is 351 g/mol. The highest BCUT2D eigenvalue weighted by Gasteiger charge is 2.33. The van der Waals surface area contributed by atoms with Crippen LogP contribution < -0.4 is 14.8 Å². The lowest BCUT2D eigenvalue weighted by atomic mass is 10.1. The zero-order valence-electron chi connectivity index (χ0n) is 16.5. The number of benzene rings is 2. The van der Waals surface area contributed by atoms with Crippen LogP contribution in [0.5, 0.6) is 17.2 Å². The number of rotatable bonds is 6. The van der Waals surface area contributed by atoms with Gasteiger partial charge in [-0.2, -0.15) is 0 Å². The van der Waals surface area contributed by atoms with Gasteiger partial charge in [0.2, 0.25) is 7.18 Å². The molecule has 0 saturated carbocycles. The Kier molecular flexibility index (Phi) is 4.15. The summed E-state index contributed by atoms with van der Waals surface area (Å²) >= 11 is 0. The molecule has 1 saturated heterocycles. The molecule has 1 heterocycles. The predicted molar refractivity (Wildman–Crippen MR) is 93.5 cm³/mol. The van der Waals surface area contributed by atoms with Gasteiger partial charge in [0.25, 0.3) is 1.43 Å². The molecule has 0 unspecified atom stereocenters. The Morgan fingerprint density at radius 3 is 2.50 bits per heavy atom. The Morgan fingerprint density at radius 2 is 1.92 bits per heavy atom. The van der Waals surface area contributed by atoms with Crippen molar-refractivity contribution in [3.63, 3.8) is 0 Å². The van der Waals surface area contributed by atoms with Gasteiger partial charge in [0.05, 0.1) is 20.6 Å². The van der Waals surface area contributed by atoms with Crippen LogP contribution >= 0.6 is 7.92 Å². The van der Waals surface area contributed by atoms with Crippen LogP contribution in [0.4, 0.5) is 0 Å². The van der Waals surface area contributed by atoms with E-state index in [-0.39, 0.29) is 11.4 Å². The minimum Gasteiger partial charge on any atom is -0.502 e. The third kappa shape index (κ3) is 3.34. The minimum atomic E-state index is -0.943. The summed E-state index contributed by atoms with van der Waals surface area (Å²) in [5, 5.41) is 10.4. The third-order valence-electron chi connectivity index (χ3n) is 3.97. The molecule has 1 fully saturated rings. The van der Waals surface area contributed by atoms with Gasteiger partial charge in [-0.25, -0.2) is 0 Å². The largest absolute Gasteiger partial charge is 0.502 e. The number of aromatic hydroxyl groups is 1. The number of hydrogen-bond acceptors (Lipinski definition) is 5. The van der Waals surface area contributed by atoms with Gasteiger partial charge in [0.15, 0.2) is 17.8 Å². The van der Waals surface area contributed by atoms with Crippen LogP contribution in [0.25, 0.3) is 0 Å². The Balaban J connectivity index is 2.10. The molecular weight excluding hydrogens is 327 g/mol. The van der Waals surface area contributed by atoms with Gasteiger partial charge in [0, 0.05) is 13.4 Å². The van der Waals surface area contributed by atoms with Crippen LogP contribution in [-0.4, -0.2) is 39.9 Å². The topological polar surface area (TPSA) is 68.2 Å². The third-order valence-corrected chi connectivity index (χ3v) is 6.50. The van der Waals surface area contributed by atoms with Crippen molar-refractivity contribution < 1.29 is 25.8 Å². The van der Waals surface area contributed by atoms with Crippen LogP contribution in [-0.2, 0) is 4.74 Å². The second-order valence-electron chi connectivity index (χ2n) is 5.36. The molecule has 6 heteroatoms. The van der Waals surface area contributed by atoms with Gasteiger partial charge in [-0.1, -0.05) is 30.3 Å². The van der Waals surface area contributed by atoms with Crippen molar-refractivity contribution in [1.82, 2.24) is 0 Å². The molecule has 128 valence electrons. The molecular formula is C18H21O5P. The first-order chi connectivity index (χ1) is 13.1. The second-order valence-corrected chi connectivity index (χ2v) is 7.63. The molecule has 2 N–H and O–H groups in total. The fourth-order valence-corrected chi connectivity index (χ4v) is 5.11. The van der Waals surface area contributed by atoms with Gasteiger partial charge in [-0.05, 0) is 30.9 Å². The van der Waals surface area contributed by atoms with E-state index in [9.17, 15) is 0 Å². The van der Waals surface area contributed by atoms with Crippen LogP contribution in [0.1, 0.15) is 19.0 Å². The number of ether oxygens (including phenoxy) is 3. The molecule has 0 aliphatic carbocycles. The van der Waals surface area contributed by atoms with E-state index < -0.39 is 20.6 Å². The van der Waals surface area contributed by atoms with Gasteiger partial charge >= 0.3 is 0 Å². The molecule has 0 radical (unpaired) electrons. The first-order valence-corrected chi connectivity index (χ1v) is 9.10. The van der Waals surface area contributed by atoms with Crippen molar-refractivity contribution in [2.45, 2.75) is 18.3 Å². The molecule has 1 aliphatic heterocycles. The Labute approximate surface area is 146 Å². The number of aliphatic hydroxyl groups is 1. The number of hydrogen-bond donors (Lipinski definition) is 2.